The molecule has 7 nitrogen and oxygen atoms in total. The van der Waals surface area contributed by atoms with Gasteiger partial charge < -0.3 is 16.0 Å². The molecule has 3 N–H and O–H groups in total. The molecule has 1 fully saturated rings. The summed E-state index contributed by atoms with van der Waals surface area (Å²) in [6.45, 7) is 10.2. The molecule has 152 valence electrons. The third-order valence-electron chi connectivity index (χ3n) is 4.44. The van der Waals surface area contributed by atoms with Crippen LogP contribution in [0.25, 0.3) is 0 Å². The molecule has 1 aromatic heterocycles. The van der Waals surface area contributed by atoms with Crippen LogP contribution in [0.3, 0.4) is 0 Å². The number of urea groups is 1. The maximum atomic E-state index is 12.3. The topological polar surface area (TPSA) is 85.8 Å². The van der Waals surface area contributed by atoms with Crippen LogP contribution in [0, 0.1) is 6.92 Å². The van der Waals surface area contributed by atoms with Crippen molar-refractivity contribution in [2.24, 2.45) is 4.99 Å². The molecule has 2 rings (SSSR count). The lowest BCUT2D eigenvalue weighted by Gasteiger charge is -2.19. The van der Waals surface area contributed by atoms with E-state index in [4.69, 9.17) is 0 Å². The van der Waals surface area contributed by atoms with Crippen molar-refractivity contribution in [3.05, 3.63) is 21.9 Å². The predicted molar refractivity (Wildman–Crippen MR) is 121 cm³/mol. The van der Waals surface area contributed by atoms with Crippen molar-refractivity contribution in [3.8, 4) is 0 Å². The van der Waals surface area contributed by atoms with Gasteiger partial charge in [-0.05, 0) is 45.7 Å². The van der Waals surface area contributed by atoms with Gasteiger partial charge in [0, 0.05) is 29.4 Å². The number of nitrogens with zero attached hydrogens (tertiary/aromatic N) is 2. The van der Waals surface area contributed by atoms with Crippen LogP contribution in [0.5, 0.6) is 0 Å². The molecule has 3 amide bonds. The predicted octanol–water partition coefficient (Wildman–Crippen LogP) is 2.84. The molecule has 1 aromatic rings. The fourth-order valence-corrected chi connectivity index (χ4v) is 3.52. The Labute approximate surface area is 182 Å². The molecule has 1 unspecified atom stereocenters. The van der Waals surface area contributed by atoms with Crippen molar-refractivity contribution in [3.63, 3.8) is 0 Å². The van der Waals surface area contributed by atoms with E-state index in [2.05, 4.69) is 40.0 Å². The summed E-state index contributed by atoms with van der Waals surface area (Å²) in [4.78, 5) is 32.7. The average Bonchev–Trinajstić information content (AvgIpc) is 3.12. The molecular formula is C18H30IN5O2S. The van der Waals surface area contributed by atoms with E-state index in [0.29, 0.717) is 32.5 Å². The Hall–Kier alpha value is -1.36. The Balaban J connectivity index is 0.00000364. The van der Waals surface area contributed by atoms with Crippen molar-refractivity contribution in [2.45, 2.75) is 52.6 Å². The van der Waals surface area contributed by atoms with Crippen LogP contribution in [0.2, 0.25) is 0 Å². The molecule has 1 aliphatic rings. The third-order valence-corrected chi connectivity index (χ3v) is 5.42. The highest BCUT2D eigenvalue weighted by Gasteiger charge is 2.45. The summed E-state index contributed by atoms with van der Waals surface area (Å²) in [7, 11) is 0. The Kier molecular flexibility index (Phi) is 9.51. The van der Waals surface area contributed by atoms with Gasteiger partial charge >= 0.3 is 6.03 Å². The fraction of sp³-hybridized carbons (Fsp3) is 0.611. The number of rotatable bonds is 8. The lowest BCUT2D eigenvalue weighted by molar-refractivity contribution is -0.130. The lowest BCUT2D eigenvalue weighted by atomic mass is 9.99. The molecule has 0 aliphatic carbocycles. The van der Waals surface area contributed by atoms with Gasteiger partial charge in [-0.2, -0.15) is 0 Å². The number of hydrogen-bond donors (Lipinski definition) is 3. The minimum Gasteiger partial charge on any atom is -0.357 e. The van der Waals surface area contributed by atoms with Gasteiger partial charge in [-0.15, -0.1) is 35.3 Å². The Morgan fingerprint density at radius 3 is 2.59 bits per heavy atom. The van der Waals surface area contributed by atoms with Crippen LogP contribution in [-0.4, -0.2) is 48.0 Å². The van der Waals surface area contributed by atoms with Crippen LogP contribution >= 0.6 is 35.3 Å². The number of thiophene rings is 1. The summed E-state index contributed by atoms with van der Waals surface area (Å²) in [5.74, 6) is 0.604. The first-order valence-corrected chi connectivity index (χ1v) is 9.93. The molecule has 9 heteroatoms. The Morgan fingerprint density at radius 2 is 2.04 bits per heavy atom. The molecule has 1 aliphatic heterocycles. The van der Waals surface area contributed by atoms with E-state index in [1.54, 1.807) is 18.3 Å². The van der Waals surface area contributed by atoms with Crippen molar-refractivity contribution in [1.82, 2.24) is 20.9 Å². The van der Waals surface area contributed by atoms with E-state index >= 15 is 0 Å². The zero-order valence-electron chi connectivity index (χ0n) is 16.4. The second kappa shape index (κ2) is 10.8. The number of halogens is 1. The molecular weight excluding hydrogens is 477 g/mol. The van der Waals surface area contributed by atoms with E-state index in [9.17, 15) is 9.59 Å². The number of amides is 3. The van der Waals surface area contributed by atoms with Crippen molar-refractivity contribution in [1.29, 1.82) is 0 Å². The van der Waals surface area contributed by atoms with Crippen molar-refractivity contribution < 1.29 is 9.59 Å². The number of guanidine groups is 1. The minimum absolute atomic E-state index is 0. The first-order chi connectivity index (χ1) is 12.4. The van der Waals surface area contributed by atoms with Crippen LogP contribution in [0.1, 0.15) is 43.4 Å². The number of carbonyl (C=O) groups is 2. The normalized spacial score (nSPS) is 19.7. The highest BCUT2D eigenvalue weighted by atomic mass is 127. The monoisotopic (exact) mass is 507 g/mol. The van der Waals surface area contributed by atoms with Gasteiger partial charge in [0.2, 0.25) is 0 Å². The van der Waals surface area contributed by atoms with E-state index in [1.807, 2.05) is 13.8 Å². The molecule has 27 heavy (non-hydrogen) atoms. The number of imide groups is 1. The summed E-state index contributed by atoms with van der Waals surface area (Å²) in [6.07, 6.45) is 1.26. The van der Waals surface area contributed by atoms with E-state index in [1.165, 1.54) is 14.7 Å². The molecule has 1 saturated heterocycles. The van der Waals surface area contributed by atoms with E-state index in [0.717, 1.165) is 12.5 Å². The molecule has 1 atom stereocenters. The van der Waals surface area contributed by atoms with Gasteiger partial charge in [0.05, 0.1) is 6.54 Å². The van der Waals surface area contributed by atoms with Crippen molar-refractivity contribution >= 4 is 53.2 Å². The molecule has 0 saturated carbocycles. The SMILES string of the molecule is CCNC(=NCc1ccc(C)s1)NCCCN1C(=O)NC(C)(CC)C1=O.I. The standard InChI is InChI=1S/C18H29N5O2S.HI/c1-5-18(4)15(24)23(17(25)22-18)11-7-10-20-16(19-6-2)21-12-14-9-8-13(3)26-14;/h8-9H,5-7,10-12H2,1-4H3,(H,22,25)(H2,19,20,21);1H. The summed E-state index contributed by atoms with van der Waals surface area (Å²) in [5, 5.41) is 9.24. The van der Waals surface area contributed by atoms with Crippen LogP contribution < -0.4 is 16.0 Å². The molecule has 0 bridgehead atoms. The summed E-state index contributed by atoms with van der Waals surface area (Å²) in [5.41, 5.74) is -0.764. The molecule has 0 radical (unpaired) electrons. The number of aliphatic imine (C=N–C) groups is 1. The Morgan fingerprint density at radius 1 is 1.30 bits per heavy atom. The fourth-order valence-electron chi connectivity index (χ4n) is 2.70. The van der Waals surface area contributed by atoms with Crippen LogP contribution in [0.15, 0.2) is 17.1 Å². The summed E-state index contributed by atoms with van der Waals surface area (Å²) < 4.78 is 0. The first-order valence-electron chi connectivity index (χ1n) is 9.11. The van der Waals surface area contributed by atoms with E-state index < -0.39 is 5.54 Å². The van der Waals surface area contributed by atoms with Crippen molar-refractivity contribution in [2.75, 3.05) is 19.6 Å². The van der Waals surface area contributed by atoms with Crippen LogP contribution in [-0.2, 0) is 11.3 Å². The quantitative estimate of drug-likeness (QED) is 0.166. The van der Waals surface area contributed by atoms with Gasteiger partial charge in [0.25, 0.3) is 5.91 Å². The summed E-state index contributed by atoms with van der Waals surface area (Å²) in [6, 6.07) is 3.89. The highest BCUT2D eigenvalue weighted by Crippen LogP contribution is 2.20. The van der Waals surface area contributed by atoms with Gasteiger partial charge in [0.15, 0.2) is 5.96 Å². The number of hydrogen-bond acceptors (Lipinski definition) is 4. The zero-order valence-corrected chi connectivity index (χ0v) is 19.6. The molecule has 2 heterocycles. The Bertz CT molecular complexity index is 678. The van der Waals surface area contributed by atoms with Gasteiger partial charge in [-0.3, -0.25) is 9.69 Å². The van der Waals surface area contributed by atoms with Gasteiger partial charge in [-0.25, -0.2) is 9.79 Å². The number of nitrogens with one attached hydrogen (secondary N) is 3. The number of aryl methyl sites for hydroxylation is 1. The first kappa shape index (κ1) is 23.7. The number of carbonyl (C=O) groups excluding carboxylic acids is 2. The van der Waals surface area contributed by atoms with Gasteiger partial charge in [-0.1, -0.05) is 6.92 Å². The maximum absolute atomic E-state index is 12.3. The maximum Gasteiger partial charge on any atom is 0.325 e. The largest absolute Gasteiger partial charge is 0.357 e. The average molecular weight is 507 g/mol. The zero-order chi connectivity index (χ0) is 19.2. The van der Waals surface area contributed by atoms with E-state index in [-0.39, 0.29) is 35.9 Å². The highest BCUT2D eigenvalue weighted by molar-refractivity contribution is 14.0. The second-order valence-corrected chi connectivity index (χ2v) is 7.93. The minimum atomic E-state index is -0.764. The van der Waals surface area contributed by atoms with Crippen LogP contribution in [0.4, 0.5) is 4.79 Å². The van der Waals surface area contributed by atoms with Gasteiger partial charge in [0.1, 0.15) is 5.54 Å². The smallest absolute Gasteiger partial charge is 0.325 e. The second-order valence-electron chi connectivity index (χ2n) is 6.56. The summed E-state index contributed by atoms with van der Waals surface area (Å²) >= 11 is 1.74. The lowest BCUT2D eigenvalue weighted by Crippen LogP contribution is -2.43. The third kappa shape index (κ3) is 6.34. The molecule has 0 spiro atoms. The molecule has 0 aromatic carbocycles.